The molecule has 0 unspecified atom stereocenters. The van der Waals surface area contributed by atoms with Crippen LogP contribution in [0.2, 0.25) is 0 Å². The van der Waals surface area contributed by atoms with E-state index in [0.717, 1.165) is 55.8 Å². The Morgan fingerprint density at radius 2 is 1.96 bits per heavy atom. The van der Waals surface area contributed by atoms with Crippen molar-refractivity contribution in [2.24, 2.45) is 7.05 Å². The number of hydrogen-bond acceptors (Lipinski definition) is 4. The Balaban J connectivity index is 1.33. The molecule has 1 amide bonds. The number of amides is 1. The third-order valence-corrected chi connectivity index (χ3v) is 5.52. The normalized spacial score (nSPS) is 18.6. The molecule has 0 atom stereocenters. The number of benzene rings is 1. The number of carbonyl (C=O) groups is 1. The highest BCUT2D eigenvalue weighted by molar-refractivity contribution is 5.92. The second-order valence-corrected chi connectivity index (χ2v) is 7.83. The van der Waals surface area contributed by atoms with E-state index in [9.17, 15) is 9.59 Å². The first-order valence-corrected chi connectivity index (χ1v) is 9.75. The van der Waals surface area contributed by atoms with E-state index in [1.165, 1.54) is 4.68 Å². The predicted octanol–water partition coefficient (Wildman–Crippen LogP) is 2.04. The molecule has 1 aliphatic heterocycles. The molecule has 2 aromatic rings. The number of likely N-dealkylation sites (tertiary alicyclic amines) is 1. The van der Waals surface area contributed by atoms with Gasteiger partial charge in [-0.05, 0) is 63.4 Å². The van der Waals surface area contributed by atoms with Gasteiger partial charge in [0.1, 0.15) is 5.82 Å². The second-order valence-electron chi connectivity index (χ2n) is 7.83. The van der Waals surface area contributed by atoms with Gasteiger partial charge in [0.25, 0.3) is 0 Å². The highest BCUT2D eigenvalue weighted by Gasteiger charge is 2.33. The number of aryl methyl sites for hydroxylation is 2. The molecule has 2 heterocycles. The van der Waals surface area contributed by atoms with Crippen LogP contribution in [0.15, 0.2) is 29.1 Å². The van der Waals surface area contributed by atoms with Gasteiger partial charge in [-0.1, -0.05) is 12.1 Å². The lowest BCUT2D eigenvalue weighted by Gasteiger charge is -2.31. The monoisotopic (exact) mass is 369 g/mol. The summed E-state index contributed by atoms with van der Waals surface area (Å²) in [6.45, 7) is 4.11. The Kier molecular flexibility index (Phi) is 4.86. The second kappa shape index (κ2) is 7.31. The molecular weight excluding hydrogens is 342 g/mol. The average molecular weight is 369 g/mol. The van der Waals surface area contributed by atoms with Crippen LogP contribution in [0.1, 0.15) is 49.0 Å². The van der Waals surface area contributed by atoms with Crippen LogP contribution in [0.25, 0.3) is 0 Å². The molecule has 2 aliphatic rings. The van der Waals surface area contributed by atoms with E-state index in [2.05, 4.69) is 15.3 Å². The van der Waals surface area contributed by atoms with E-state index in [-0.39, 0.29) is 11.6 Å². The summed E-state index contributed by atoms with van der Waals surface area (Å²) in [5, 5.41) is 7.49. The van der Waals surface area contributed by atoms with Gasteiger partial charge in [-0.15, -0.1) is 0 Å². The lowest BCUT2D eigenvalue weighted by atomic mass is 9.96. The highest BCUT2D eigenvalue weighted by atomic mass is 16.2. The topological polar surface area (TPSA) is 72.2 Å². The van der Waals surface area contributed by atoms with Crippen molar-refractivity contribution >= 4 is 11.6 Å². The Bertz CT molecular complexity index is 888. The molecule has 4 rings (SSSR count). The molecule has 1 aromatic carbocycles. The molecule has 0 bridgehead atoms. The summed E-state index contributed by atoms with van der Waals surface area (Å²) in [6, 6.07) is 8.19. The molecule has 1 aromatic heterocycles. The SMILES string of the molecule is Cc1cccc(NC(=O)CN2CCC(c3nn(C)c(=O)n3C3CC3)CC2)c1. The fourth-order valence-corrected chi connectivity index (χ4v) is 3.93. The van der Waals surface area contributed by atoms with Crippen LogP contribution < -0.4 is 11.0 Å². The van der Waals surface area contributed by atoms with Gasteiger partial charge in [0.05, 0.1) is 6.54 Å². The summed E-state index contributed by atoms with van der Waals surface area (Å²) in [7, 11) is 1.73. The largest absolute Gasteiger partial charge is 0.345 e. The van der Waals surface area contributed by atoms with Gasteiger partial charge in [0.15, 0.2) is 0 Å². The van der Waals surface area contributed by atoms with Gasteiger partial charge in [-0.3, -0.25) is 14.3 Å². The number of rotatable bonds is 5. The lowest BCUT2D eigenvalue weighted by Crippen LogP contribution is -2.39. The molecule has 1 N–H and O–H groups in total. The molecule has 0 spiro atoms. The molecule has 7 nitrogen and oxygen atoms in total. The summed E-state index contributed by atoms with van der Waals surface area (Å²) in [4.78, 5) is 26.8. The standard InChI is InChI=1S/C20H27N5O2/c1-14-4-3-5-16(12-14)21-18(26)13-24-10-8-15(9-11-24)19-22-23(2)20(27)25(19)17-6-7-17/h3-5,12,15,17H,6-11,13H2,1-2H3,(H,21,26). The highest BCUT2D eigenvalue weighted by Crippen LogP contribution is 2.37. The van der Waals surface area contributed by atoms with Crippen LogP contribution in [0, 0.1) is 6.92 Å². The summed E-state index contributed by atoms with van der Waals surface area (Å²) >= 11 is 0. The maximum absolute atomic E-state index is 12.3. The number of piperidine rings is 1. The fourth-order valence-electron chi connectivity index (χ4n) is 3.93. The van der Waals surface area contributed by atoms with Crippen LogP contribution >= 0.6 is 0 Å². The van der Waals surface area contributed by atoms with Crippen molar-refractivity contribution in [3.05, 3.63) is 46.1 Å². The number of aromatic nitrogens is 3. The average Bonchev–Trinajstić information content (AvgIpc) is 3.42. The molecule has 1 saturated heterocycles. The van der Waals surface area contributed by atoms with Crippen molar-refractivity contribution in [3.8, 4) is 0 Å². The summed E-state index contributed by atoms with van der Waals surface area (Å²) in [5.74, 6) is 1.26. The zero-order valence-corrected chi connectivity index (χ0v) is 16.0. The Morgan fingerprint density at radius 1 is 1.22 bits per heavy atom. The van der Waals surface area contributed by atoms with Gasteiger partial charge in [-0.25, -0.2) is 9.48 Å². The molecule has 7 heteroatoms. The first-order chi connectivity index (χ1) is 13.0. The zero-order valence-electron chi connectivity index (χ0n) is 16.0. The number of nitrogens with zero attached hydrogens (tertiary/aromatic N) is 4. The minimum Gasteiger partial charge on any atom is -0.325 e. The van der Waals surface area contributed by atoms with Gasteiger partial charge in [0.2, 0.25) is 5.91 Å². The van der Waals surface area contributed by atoms with Crippen LogP contribution in [-0.2, 0) is 11.8 Å². The summed E-state index contributed by atoms with van der Waals surface area (Å²) in [5.41, 5.74) is 1.98. The van der Waals surface area contributed by atoms with Gasteiger partial charge >= 0.3 is 5.69 Å². The van der Waals surface area contributed by atoms with Crippen molar-refractivity contribution in [2.45, 2.75) is 44.6 Å². The maximum Gasteiger partial charge on any atom is 0.345 e. The fraction of sp³-hybridized carbons (Fsp3) is 0.550. The molecule has 144 valence electrons. The van der Waals surface area contributed by atoms with E-state index in [1.54, 1.807) is 7.05 Å². The van der Waals surface area contributed by atoms with E-state index in [0.29, 0.717) is 18.5 Å². The summed E-state index contributed by atoms with van der Waals surface area (Å²) in [6.07, 6.45) is 4.02. The minimum atomic E-state index is 0.00691. The number of anilines is 1. The Hall–Kier alpha value is -2.41. The molecule has 27 heavy (non-hydrogen) atoms. The molecular formula is C20H27N5O2. The van der Waals surface area contributed by atoms with Crippen LogP contribution in [-0.4, -0.2) is 44.8 Å². The van der Waals surface area contributed by atoms with Crippen molar-refractivity contribution in [2.75, 3.05) is 25.0 Å². The smallest absolute Gasteiger partial charge is 0.325 e. The van der Waals surface area contributed by atoms with Crippen LogP contribution in [0.4, 0.5) is 5.69 Å². The third kappa shape index (κ3) is 3.98. The third-order valence-electron chi connectivity index (χ3n) is 5.52. The van der Waals surface area contributed by atoms with Crippen molar-refractivity contribution < 1.29 is 4.79 Å². The van der Waals surface area contributed by atoms with Crippen molar-refractivity contribution in [1.82, 2.24) is 19.2 Å². The molecule has 2 fully saturated rings. The van der Waals surface area contributed by atoms with E-state index in [4.69, 9.17) is 0 Å². The van der Waals surface area contributed by atoms with E-state index < -0.39 is 0 Å². The maximum atomic E-state index is 12.3. The number of carbonyl (C=O) groups excluding carboxylic acids is 1. The van der Waals surface area contributed by atoms with Crippen LogP contribution in [0.5, 0.6) is 0 Å². The molecule has 0 radical (unpaired) electrons. The van der Waals surface area contributed by atoms with Gasteiger partial charge in [-0.2, -0.15) is 5.10 Å². The molecule has 1 aliphatic carbocycles. The molecule has 1 saturated carbocycles. The lowest BCUT2D eigenvalue weighted by molar-refractivity contribution is -0.117. The van der Waals surface area contributed by atoms with E-state index >= 15 is 0 Å². The first-order valence-electron chi connectivity index (χ1n) is 9.75. The first kappa shape index (κ1) is 18.0. The minimum absolute atomic E-state index is 0.00691. The van der Waals surface area contributed by atoms with E-state index in [1.807, 2.05) is 35.8 Å². The summed E-state index contributed by atoms with van der Waals surface area (Å²) < 4.78 is 3.38. The van der Waals surface area contributed by atoms with Crippen molar-refractivity contribution in [1.29, 1.82) is 0 Å². The predicted molar refractivity (Wildman–Crippen MR) is 104 cm³/mol. The van der Waals surface area contributed by atoms with Crippen LogP contribution in [0.3, 0.4) is 0 Å². The number of hydrogen-bond donors (Lipinski definition) is 1. The Morgan fingerprint density at radius 3 is 2.63 bits per heavy atom. The zero-order chi connectivity index (χ0) is 19.0. The van der Waals surface area contributed by atoms with Gasteiger partial charge in [0, 0.05) is 24.7 Å². The number of nitrogens with one attached hydrogen (secondary N) is 1. The Labute approximate surface area is 159 Å². The van der Waals surface area contributed by atoms with Gasteiger partial charge < -0.3 is 5.32 Å². The van der Waals surface area contributed by atoms with Crippen molar-refractivity contribution in [3.63, 3.8) is 0 Å². The quantitative estimate of drug-likeness (QED) is 0.875.